The first kappa shape index (κ1) is 18.4. The van der Waals surface area contributed by atoms with Gasteiger partial charge in [-0.2, -0.15) is 0 Å². The fourth-order valence-electron chi connectivity index (χ4n) is 2.02. The molecule has 0 rings (SSSR count). The summed E-state index contributed by atoms with van der Waals surface area (Å²) in [5.41, 5.74) is 0. The lowest BCUT2D eigenvalue weighted by molar-refractivity contribution is -0.143. The average molecular weight is 272 g/mol. The molecule has 0 aliphatic rings. The van der Waals surface area contributed by atoms with Gasteiger partial charge in [-0.05, 0) is 19.3 Å². The van der Waals surface area contributed by atoms with E-state index in [9.17, 15) is 4.79 Å². The summed E-state index contributed by atoms with van der Waals surface area (Å²) < 4.78 is 5.11. The molecule has 0 saturated heterocycles. The van der Waals surface area contributed by atoms with Crippen LogP contribution in [0, 0.1) is 0 Å². The molecule has 0 aromatic rings. The summed E-state index contributed by atoms with van der Waals surface area (Å²) in [6, 6.07) is 0. The minimum atomic E-state index is -0.0301. The highest BCUT2D eigenvalue weighted by Gasteiger charge is 2.01. The molecule has 0 radical (unpaired) electrons. The van der Waals surface area contributed by atoms with E-state index < -0.39 is 0 Å². The lowest BCUT2D eigenvalue weighted by Gasteiger charge is -2.04. The number of carbonyl (C=O) groups excluding carboxylic acids is 1. The lowest BCUT2D eigenvalue weighted by Crippen LogP contribution is -2.05. The van der Waals surface area contributed by atoms with Crippen LogP contribution in [0.1, 0.15) is 84.0 Å². The standard InChI is InChI=1S/C16H32O3/c1-2-3-15-19-16(18)13-11-9-7-5-4-6-8-10-12-14-17/h17H,2-15H2,1H3. The second-order valence-electron chi connectivity index (χ2n) is 5.23. The minimum absolute atomic E-state index is 0.0301. The van der Waals surface area contributed by atoms with Gasteiger partial charge in [0, 0.05) is 13.0 Å². The summed E-state index contributed by atoms with van der Waals surface area (Å²) in [4.78, 5) is 11.3. The van der Waals surface area contributed by atoms with Crippen LogP contribution in [0.3, 0.4) is 0 Å². The van der Waals surface area contributed by atoms with E-state index in [4.69, 9.17) is 9.84 Å². The molecule has 1 N–H and O–H groups in total. The molecular formula is C16H32O3. The Kier molecular flexibility index (Phi) is 15.0. The number of esters is 1. The van der Waals surface area contributed by atoms with Crippen molar-refractivity contribution in [3.63, 3.8) is 0 Å². The molecule has 0 aromatic heterocycles. The van der Waals surface area contributed by atoms with E-state index in [1.807, 2.05) is 0 Å². The Bertz CT molecular complexity index is 192. The summed E-state index contributed by atoms with van der Waals surface area (Å²) in [6.45, 7) is 3.01. The van der Waals surface area contributed by atoms with Crippen molar-refractivity contribution >= 4 is 5.97 Å². The van der Waals surface area contributed by atoms with Crippen molar-refractivity contribution < 1.29 is 14.6 Å². The lowest BCUT2D eigenvalue weighted by atomic mass is 10.1. The van der Waals surface area contributed by atoms with Gasteiger partial charge < -0.3 is 9.84 Å². The highest BCUT2D eigenvalue weighted by Crippen LogP contribution is 2.10. The van der Waals surface area contributed by atoms with E-state index >= 15 is 0 Å². The highest BCUT2D eigenvalue weighted by atomic mass is 16.5. The van der Waals surface area contributed by atoms with Crippen LogP contribution < -0.4 is 0 Å². The molecule has 0 saturated carbocycles. The van der Waals surface area contributed by atoms with Gasteiger partial charge in [0.1, 0.15) is 0 Å². The van der Waals surface area contributed by atoms with Crippen molar-refractivity contribution in [1.82, 2.24) is 0 Å². The van der Waals surface area contributed by atoms with E-state index in [2.05, 4.69) is 6.92 Å². The summed E-state index contributed by atoms with van der Waals surface area (Å²) in [5.74, 6) is -0.0301. The molecule has 114 valence electrons. The van der Waals surface area contributed by atoms with Gasteiger partial charge in [-0.25, -0.2) is 0 Å². The molecule has 0 fully saturated rings. The van der Waals surface area contributed by atoms with E-state index in [0.717, 1.165) is 38.5 Å². The van der Waals surface area contributed by atoms with Gasteiger partial charge in [0.2, 0.25) is 0 Å². The maximum absolute atomic E-state index is 11.3. The number of ether oxygens (including phenoxy) is 1. The van der Waals surface area contributed by atoms with Gasteiger partial charge in [-0.1, -0.05) is 58.3 Å². The maximum Gasteiger partial charge on any atom is 0.305 e. The fraction of sp³-hybridized carbons (Fsp3) is 0.938. The van der Waals surface area contributed by atoms with Crippen molar-refractivity contribution in [2.45, 2.75) is 84.0 Å². The largest absolute Gasteiger partial charge is 0.466 e. The highest BCUT2D eigenvalue weighted by molar-refractivity contribution is 5.69. The summed E-state index contributed by atoms with van der Waals surface area (Å²) in [6.07, 6.45) is 13.1. The van der Waals surface area contributed by atoms with Crippen LogP contribution in [0.25, 0.3) is 0 Å². The van der Waals surface area contributed by atoms with E-state index in [1.54, 1.807) is 0 Å². The van der Waals surface area contributed by atoms with Crippen molar-refractivity contribution in [3.05, 3.63) is 0 Å². The number of unbranched alkanes of at least 4 members (excludes halogenated alkanes) is 9. The summed E-state index contributed by atoms with van der Waals surface area (Å²) >= 11 is 0. The van der Waals surface area contributed by atoms with Crippen LogP contribution in [-0.4, -0.2) is 24.3 Å². The molecule has 0 spiro atoms. The first-order valence-electron chi connectivity index (χ1n) is 8.07. The molecular weight excluding hydrogens is 240 g/mol. The van der Waals surface area contributed by atoms with Crippen LogP contribution in [0.2, 0.25) is 0 Å². The van der Waals surface area contributed by atoms with Crippen molar-refractivity contribution in [2.24, 2.45) is 0 Å². The van der Waals surface area contributed by atoms with Gasteiger partial charge in [0.15, 0.2) is 0 Å². The van der Waals surface area contributed by atoms with E-state index in [0.29, 0.717) is 19.6 Å². The third-order valence-electron chi connectivity index (χ3n) is 3.30. The first-order chi connectivity index (χ1) is 9.31. The Morgan fingerprint density at radius 1 is 0.842 bits per heavy atom. The van der Waals surface area contributed by atoms with Crippen LogP contribution in [-0.2, 0) is 9.53 Å². The summed E-state index contributed by atoms with van der Waals surface area (Å²) in [7, 11) is 0. The number of aliphatic hydroxyl groups excluding tert-OH is 1. The van der Waals surface area contributed by atoms with Crippen molar-refractivity contribution in [2.75, 3.05) is 13.2 Å². The van der Waals surface area contributed by atoms with E-state index in [-0.39, 0.29) is 5.97 Å². The first-order valence-corrected chi connectivity index (χ1v) is 8.07. The molecule has 0 atom stereocenters. The normalized spacial score (nSPS) is 10.6. The zero-order valence-corrected chi connectivity index (χ0v) is 12.7. The zero-order valence-electron chi connectivity index (χ0n) is 12.7. The predicted molar refractivity (Wildman–Crippen MR) is 79.1 cm³/mol. The molecule has 3 nitrogen and oxygen atoms in total. The molecule has 19 heavy (non-hydrogen) atoms. The van der Waals surface area contributed by atoms with Crippen molar-refractivity contribution in [3.8, 4) is 0 Å². The van der Waals surface area contributed by atoms with Gasteiger partial charge in [0.25, 0.3) is 0 Å². The van der Waals surface area contributed by atoms with Gasteiger partial charge >= 0.3 is 5.97 Å². The quantitative estimate of drug-likeness (QED) is 0.380. The molecule has 0 aliphatic carbocycles. The van der Waals surface area contributed by atoms with Crippen LogP contribution in [0.5, 0.6) is 0 Å². The van der Waals surface area contributed by atoms with Crippen LogP contribution in [0.4, 0.5) is 0 Å². The van der Waals surface area contributed by atoms with E-state index in [1.165, 1.54) is 32.1 Å². The second-order valence-corrected chi connectivity index (χ2v) is 5.23. The third-order valence-corrected chi connectivity index (χ3v) is 3.30. The second kappa shape index (κ2) is 15.5. The molecule has 0 aliphatic heterocycles. The maximum atomic E-state index is 11.3. The number of carbonyl (C=O) groups is 1. The average Bonchev–Trinajstić information content (AvgIpc) is 2.41. The smallest absolute Gasteiger partial charge is 0.305 e. The monoisotopic (exact) mass is 272 g/mol. The number of rotatable bonds is 14. The molecule has 0 aromatic carbocycles. The SMILES string of the molecule is CCCCOC(=O)CCCCCCCCCCCO. The Morgan fingerprint density at radius 3 is 1.89 bits per heavy atom. The third kappa shape index (κ3) is 15.4. The Morgan fingerprint density at radius 2 is 1.37 bits per heavy atom. The topological polar surface area (TPSA) is 46.5 Å². The number of hydrogen-bond donors (Lipinski definition) is 1. The minimum Gasteiger partial charge on any atom is -0.466 e. The Hall–Kier alpha value is -0.570. The molecule has 3 heteroatoms. The van der Waals surface area contributed by atoms with Crippen LogP contribution in [0.15, 0.2) is 0 Å². The van der Waals surface area contributed by atoms with Crippen LogP contribution >= 0.6 is 0 Å². The molecule has 0 bridgehead atoms. The molecule has 0 unspecified atom stereocenters. The summed E-state index contributed by atoms with van der Waals surface area (Å²) in [5, 5.41) is 8.64. The Balaban J connectivity index is 3.07. The number of aliphatic hydroxyl groups is 1. The van der Waals surface area contributed by atoms with Gasteiger partial charge in [-0.3, -0.25) is 4.79 Å². The number of hydrogen-bond acceptors (Lipinski definition) is 3. The predicted octanol–water partition coefficient (Wildman–Crippen LogP) is 4.22. The van der Waals surface area contributed by atoms with Gasteiger partial charge in [0.05, 0.1) is 6.61 Å². The molecule has 0 amide bonds. The van der Waals surface area contributed by atoms with Gasteiger partial charge in [-0.15, -0.1) is 0 Å². The fourth-order valence-corrected chi connectivity index (χ4v) is 2.02. The van der Waals surface area contributed by atoms with Crippen molar-refractivity contribution in [1.29, 1.82) is 0 Å². The molecule has 0 heterocycles. The Labute approximate surface area is 118 Å². The zero-order chi connectivity index (χ0) is 14.2.